The molecule has 0 spiro atoms. The standard InChI is InChI=1S/C24H30FN3/c1-7-16(3)24(4)10-8-15(2)18-13-20(24)22(23(25)19(18)14-26)21-12-17(28(5)6)9-11-27-21/h8-12,15-16,20H,7,13H2,1-6H3. The predicted octanol–water partition coefficient (Wildman–Crippen LogP) is 5.93. The molecule has 2 aliphatic carbocycles. The molecule has 1 aromatic rings. The fraction of sp³-hybridized carbons (Fsp3) is 0.500. The van der Waals surface area contributed by atoms with Gasteiger partial charge in [0.05, 0.1) is 11.3 Å². The van der Waals surface area contributed by atoms with Gasteiger partial charge in [-0.2, -0.15) is 5.26 Å². The number of halogens is 1. The third kappa shape index (κ3) is 3.17. The number of pyridine rings is 1. The van der Waals surface area contributed by atoms with E-state index in [0.29, 0.717) is 23.6 Å². The third-order valence-electron chi connectivity index (χ3n) is 6.92. The summed E-state index contributed by atoms with van der Waals surface area (Å²) < 4.78 is 15.8. The van der Waals surface area contributed by atoms with Crippen molar-refractivity contribution in [2.75, 3.05) is 19.0 Å². The SMILES string of the molecule is CCC(C)C1(C)C=CC(C)C2=C(C#N)C(F)=C(c3cc(N(C)C)ccn3)C1C2. The van der Waals surface area contributed by atoms with E-state index in [2.05, 4.69) is 50.9 Å². The van der Waals surface area contributed by atoms with Crippen molar-refractivity contribution in [3.63, 3.8) is 0 Å². The fourth-order valence-electron chi connectivity index (χ4n) is 4.59. The highest BCUT2D eigenvalue weighted by Gasteiger charge is 2.46. The summed E-state index contributed by atoms with van der Waals surface area (Å²) in [7, 11) is 3.92. The van der Waals surface area contributed by atoms with Crippen LogP contribution in [0.4, 0.5) is 10.1 Å². The summed E-state index contributed by atoms with van der Waals surface area (Å²) in [5, 5.41) is 9.74. The largest absolute Gasteiger partial charge is 0.378 e. The van der Waals surface area contributed by atoms with Gasteiger partial charge in [-0.1, -0.05) is 46.3 Å². The summed E-state index contributed by atoms with van der Waals surface area (Å²) >= 11 is 0. The van der Waals surface area contributed by atoms with Crippen LogP contribution in [0.25, 0.3) is 5.57 Å². The molecule has 0 aromatic carbocycles. The van der Waals surface area contributed by atoms with Gasteiger partial charge in [-0.05, 0) is 41.4 Å². The topological polar surface area (TPSA) is 39.9 Å². The van der Waals surface area contributed by atoms with Crippen LogP contribution >= 0.6 is 0 Å². The quantitative estimate of drug-likeness (QED) is 0.609. The van der Waals surface area contributed by atoms with Gasteiger partial charge in [0.15, 0.2) is 0 Å². The Labute approximate surface area is 168 Å². The average Bonchev–Trinajstić information content (AvgIpc) is 2.80. The molecule has 4 atom stereocenters. The molecular weight excluding hydrogens is 349 g/mol. The van der Waals surface area contributed by atoms with E-state index in [4.69, 9.17) is 0 Å². The van der Waals surface area contributed by atoms with E-state index in [1.165, 1.54) is 0 Å². The molecule has 4 heteroatoms. The van der Waals surface area contributed by atoms with Crippen LogP contribution in [0.2, 0.25) is 0 Å². The van der Waals surface area contributed by atoms with Crippen molar-refractivity contribution in [3.05, 3.63) is 53.1 Å². The van der Waals surface area contributed by atoms with Gasteiger partial charge in [-0.25, -0.2) is 4.39 Å². The second-order valence-electron chi connectivity index (χ2n) is 8.61. The third-order valence-corrected chi connectivity index (χ3v) is 6.92. The Kier molecular flexibility index (Phi) is 5.48. The lowest BCUT2D eigenvalue weighted by atomic mass is 9.61. The van der Waals surface area contributed by atoms with Crippen LogP contribution < -0.4 is 4.90 Å². The average molecular weight is 380 g/mol. The number of anilines is 1. The summed E-state index contributed by atoms with van der Waals surface area (Å²) in [4.78, 5) is 6.52. The van der Waals surface area contributed by atoms with Crippen LogP contribution in [0.5, 0.6) is 0 Å². The maximum absolute atomic E-state index is 15.8. The number of nitrogens with zero attached hydrogens (tertiary/aromatic N) is 3. The minimum Gasteiger partial charge on any atom is -0.378 e. The second kappa shape index (κ2) is 7.54. The monoisotopic (exact) mass is 379 g/mol. The molecule has 28 heavy (non-hydrogen) atoms. The number of aromatic nitrogens is 1. The van der Waals surface area contributed by atoms with Crippen LogP contribution in [0.3, 0.4) is 0 Å². The number of rotatable bonds is 4. The lowest BCUT2D eigenvalue weighted by molar-refractivity contribution is 0.198. The number of allylic oxidation sites excluding steroid dienone is 6. The van der Waals surface area contributed by atoms with Crippen molar-refractivity contribution in [2.24, 2.45) is 23.2 Å². The van der Waals surface area contributed by atoms with Crippen LogP contribution in [0.15, 0.2) is 47.5 Å². The Balaban J connectivity index is 2.29. The molecule has 0 fully saturated rings. The van der Waals surface area contributed by atoms with Gasteiger partial charge in [-0.15, -0.1) is 0 Å². The first kappa shape index (κ1) is 20.3. The predicted molar refractivity (Wildman–Crippen MR) is 113 cm³/mol. The minimum absolute atomic E-state index is 0.0411. The van der Waals surface area contributed by atoms with Crippen molar-refractivity contribution in [1.29, 1.82) is 5.26 Å². The summed E-state index contributed by atoms with van der Waals surface area (Å²) in [6.45, 7) is 8.72. The van der Waals surface area contributed by atoms with Gasteiger partial charge < -0.3 is 4.90 Å². The van der Waals surface area contributed by atoms with Gasteiger partial charge >= 0.3 is 0 Å². The van der Waals surface area contributed by atoms with Crippen LogP contribution in [-0.2, 0) is 0 Å². The first-order chi connectivity index (χ1) is 13.2. The van der Waals surface area contributed by atoms with E-state index in [1.54, 1.807) is 6.20 Å². The zero-order valence-corrected chi connectivity index (χ0v) is 17.8. The minimum atomic E-state index is -0.387. The Morgan fingerprint density at radius 3 is 2.75 bits per heavy atom. The van der Waals surface area contributed by atoms with E-state index in [1.807, 2.05) is 31.1 Å². The molecule has 0 aliphatic heterocycles. The van der Waals surface area contributed by atoms with E-state index in [-0.39, 0.29) is 28.7 Å². The first-order valence-electron chi connectivity index (χ1n) is 10.1. The normalized spacial score (nSPS) is 28.1. The summed E-state index contributed by atoms with van der Waals surface area (Å²) in [5.74, 6) is 0.0167. The van der Waals surface area contributed by atoms with Crippen LogP contribution in [0.1, 0.15) is 46.2 Å². The van der Waals surface area contributed by atoms with E-state index in [0.717, 1.165) is 17.7 Å². The molecule has 3 nitrogen and oxygen atoms in total. The zero-order chi connectivity index (χ0) is 20.6. The maximum Gasteiger partial charge on any atom is 0.146 e. The summed E-state index contributed by atoms with van der Waals surface area (Å²) in [5.41, 5.74) is 3.12. The molecule has 2 aliphatic rings. The van der Waals surface area contributed by atoms with Gasteiger partial charge in [0, 0.05) is 37.5 Å². The van der Waals surface area contributed by atoms with Crippen molar-refractivity contribution < 1.29 is 4.39 Å². The second-order valence-corrected chi connectivity index (χ2v) is 8.61. The molecule has 148 valence electrons. The van der Waals surface area contributed by atoms with Gasteiger partial charge in [0.2, 0.25) is 0 Å². The molecular formula is C24H30FN3. The lowest BCUT2D eigenvalue weighted by Crippen LogP contribution is -2.34. The Morgan fingerprint density at radius 1 is 1.43 bits per heavy atom. The van der Waals surface area contributed by atoms with Gasteiger partial charge in [0.25, 0.3) is 0 Å². The van der Waals surface area contributed by atoms with Crippen molar-refractivity contribution in [1.82, 2.24) is 4.98 Å². The highest BCUT2D eigenvalue weighted by Crippen LogP contribution is 2.55. The van der Waals surface area contributed by atoms with Crippen LogP contribution in [0, 0.1) is 34.5 Å². The Hall–Kier alpha value is -2.41. The van der Waals surface area contributed by atoms with Crippen molar-refractivity contribution in [3.8, 4) is 6.07 Å². The van der Waals surface area contributed by atoms with Gasteiger partial charge in [-0.3, -0.25) is 4.98 Å². The van der Waals surface area contributed by atoms with Crippen molar-refractivity contribution >= 4 is 11.3 Å². The lowest BCUT2D eigenvalue weighted by Gasteiger charge is -2.42. The molecule has 0 saturated heterocycles. The van der Waals surface area contributed by atoms with E-state index in [9.17, 15) is 5.26 Å². The number of fused-ring (bicyclic) bond motifs is 2. The molecule has 0 N–H and O–H groups in total. The number of hydrogen-bond donors (Lipinski definition) is 0. The molecule has 0 saturated carbocycles. The van der Waals surface area contributed by atoms with E-state index < -0.39 is 0 Å². The maximum atomic E-state index is 15.8. The van der Waals surface area contributed by atoms with Crippen LogP contribution in [-0.4, -0.2) is 19.1 Å². The smallest absolute Gasteiger partial charge is 0.146 e. The summed E-state index contributed by atoms with van der Waals surface area (Å²) in [6, 6.07) is 6.00. The molecule has 0 amide bonds. The van der Waals surface area contributed by atoms with Crippen molar-refractivity contribution in [2.45, 2.75) is 40.5 Å². The highest BCUT2D eigenvalue weighted by molar-refractivity contribution is 5.77. The zero-order valence-electron chi connectivity index (χ0n) is 17.8. The highest BCUT2D eigenvalue weighted by atomic mass is 19.1. The summed E-state index contributed by atoms with van der Waals surface area (Å²) in [6.07, 6.45) is 7.88. The molecule has 0 radical (unpaired) electrons. The number of nitriles is 1. The molecule has 1 aromatic heterocycles. The molecule has 4 unspecified atom stereocenters. The van der Waals surface area contributed by atoms with Gasteiger partial charge in [0.1, 0.15) is 11.9 Å². The molecule has 1 heterocycles. The molecule has 3 rings (SSSR count). The fourth-order valence-corrected chi connectivity index (χ4v) is 4.59. The Bertz CT molecular complexity index is 903. The molecule has 2 bridgehead atoms. The Morgan fingerprint density at radius 2 is 2.14 bits per heavy atom. The number of hydrogen-bond acceptors (Lipinski definition) is 3. The first-order valence-corrected chi connectivity index (χ1v) is 10.1. The van der Waals surface area contributed by atoms with E-state index >= 15 is 4.39 Å².